The van der Waals surface area contributed by atoms with Crippen LogP contribution in [0, 0.1) is 6.92 Å². The lowest BCUT2D eigenvalue weighted by Crippen LogP contribution is -2.26. The number of hydrogen-bond acceptors (Lipinski definition) is 10. The van der Waals surface area contributed by atoms with Gasteiger partial charge in [-0.2, -0.15) is 0 Å². The number of halogens is 2. The number of aromatic amines is 1. The molecule has 0 fully saturated rings. The third-order valence-electron chi connectivity index (χ3n) is 4.81. The Kier molecular flexibility index (Phi) is 8.02. The molecule has 0 bridgehead atoms. The number of aromatic nitrogens is 4. The number of nitrogen functional groups attached to an aromatic ring is 1. The lowest BCUT2D eigenvalue weighted by atomic mass is 10.1. The van der Waals surface area contributed by atoms with E-state index in [2.05, 4.69) is 35.3 Å². The van der Waals surface area contributed by atoms with Crippen molar-refractivity contribution >= 4 is 66.4 Å². The van der Waals surface area contributed by atoms with Crippen molar-refractivity contribution in [1.82, 2.24) is 25.4 Å². The zero-order valence-electron chi connectivity index (χ0n) is 18.4. The summed E-state index contributed by atoms with van der Waals surface area (Å²) in [6.45, 7) is 1.75. The first-order chi connectivity index (χ1) is 16.6. The van der Waals surface area contributed by atoms with Gasteiger partial charge in [-0.3, -0.25) is 9.59 Å². The molecule has 2 amide bonds. The summed E-state index contributed by atoms with van der Waals surface area (Å²) < 4.78 is 30.9. The maximum Gasteiger partial charge on any atom is 0.272 e. The van der Waals surface area contributed by atoms with Gasteiger partial charge >= 0.3 is 0 Å². The predicted molar refractivity (Wildman–Crippen MR) is 132 cm³/mol. The number of ether oxygens (including phenoxy) is 1. The Hall–Kier alpha value is -3.88. The van der Waals surface area contributed by atoms with E-state index >= 15 is 0 Å². The molecule has 5 rings (SSSR count). The van der Waals surface area contributed by atoms with E-state index in [1.54, 1.807) is 18.3 Å². The first-order valence-corrected chi connectivity index (χ1v) is 12.2. The summed E-state index contributed by atoms with van der Waals surface area (Å²) in [7, 11) is 1.30. The van der Waals surface area contributed by atoms with Gasteiger partial charge in [0.1, 0.15) is 22.5 Å². The maximum absolute atomic E-state index is 12.4. The molecule has 1 aromatic carbocycles. The van der Waals surface area contributed by atoms with Gasteiger partial charge in [0, 0.05) is 23.4 Å². The quantitative estimate of drug-likeness (QED) is 0.270. The summed E-state index contributed by atoms with van der Waals surface area (Å²) in [5.41, 5.74) is 8.86. The molecule has 0 saturated carbocycles. The van der Waals surface area contributed by atoms with Gasteiger partial charge in [0.05, 0.1) is 23.1 Å². The number of benzene rings is 1. The van der Waals surface area contributed by atoms with Crippen LogP contribution in [0.3, 0.4) is 0 Å². The van der Waals surface area contributed by atoms with Crippen LogP contribution >= 0.6 is 23.1 Å². The summed E-state index contributed by atoms with van der Waals surface area (Å²) in [6, 6.07) is 5.33. The second-order valence-corrected chi connectivity index (χ2v) is 9.76. The number of nitrogens with one attached hydrogen (secondary N) is 3. The third kappa shape index (κ3) is 5.84. The van der Waals surface area contributed by atoms with Crippen LogP contribution in [0.4, 0.5) is 11.4 Å². The third-order valence-corrected chi connectivity index (χ3v) is 6.22. The average Bonchev–Trinajstić information content (AvgIpc) is 3.43. The Morgan fingerprint density at radius 3 is 2.75 bits per heavy atom. The molecule has 4 heterocycles. The molecule has 0 saturated heterocycles. The number of aryl methyl sites for hydroxylation is 1. The van der Waals surface area contributed by atoms with E-state index in [0.717, 1.165) is 11.8 Å². The molecule has 1 aliphatic heterocycles. The molecule has 190 valence electrons. The topological polar surface area (TPSA) is 195 Å². The van der Waals surface area contributed by atoms with Crippen LogP contribution in [0.5, 0.6) is 5.75 Å². The van der Waals surface area contributed by atoms with Gasteiger partial charge in [-0.1, -0.05) is 11.2 Å². The summed E-state index contributed by atoms with van der Waals surface area (Å²) in [4.78, 5) is 34.7. The highest BCUT2D eigenvalue weighted by Gasteiger charge is 2.18. The minimum atomic E-state index is -3.67. The fourth-order valence-electron chi connectivity index (χ4n) is 3.16. The van der Waals surface area contributed by atoms with Gasteiger partial charge in [-0.05, 0) is 24.6 Å². The Morgan fingerprint density at radius 1 is 1.31 bits per heavy atom. The van der Waals surface area contributed by atoms with Crippen molar-refractivity contribution in [2.45, 2.75) is 18.4 Å². The number of carbonyl (C=O) groups excluding carboxylic acids is 2. The van der Waals surface area contributed by atoms with Gasteiger partial charge in [-0.25, -0.2) is 18.4 Å². The van der Waals surface area contributed by atoms with E-state index < -0.39 is 9.05 Å². The van der Waals surface area contributed by atoms with Gasteiger partial charge in [0.25, 0.3) is 20.9 Å². The second kappa shape index (κ2) is 10.8. The van der Waals surface area contributed by atoms with E-state index in [9.17, 15) is 18.0 Å². The maximum atomic E-state index is 12.4. The van der Waals surface area contributed by atoms with Crippen LogP contribution in [0.25, 0.3) is 11.0 Å². The number of hydrogen-bond donors (Lipinski definition) is 4. The lowest BCUT2D eigenvalue weighted by Gasteiger charge is -2.18. The molecule has 3 aromatic heterocycles. The highest BCUT2D eigenvalue weighted by Crippen LogP contribution is 2.28. The summed E-state index contributed by atoms with van der Waals surface area (Å²) >= 11 is 0. The van der Waals surface area contributed by atoms with E-state index in [4.69, 9.17) is 21.2 Å². The van der Waals surface area contributed by atoms with Crippen molar-refractivity contribution < 1.29 is 27.3 Å². The second-order valence-electron chi connectivity index (χ2n) is 7.22. The average molecular weight is 556 g/mol. The number of amides is 2. The van der Waals surface area contributed by atoms with Crippen molar-refractivity contribution in [1.29, 1.82) is 0 Å². The highest BCUT2D eigenvalue weighted by atomic mass is 35.7. The van der Waals surface area contributed by atoms with E-state index in [0.29, 0.717) is 28.2 Å². The van der Waals surface area contributed by atoms with Gasteiger partial charge in [-0.15, -0.1) is 12.4 Å². The SMILES string of the molecule is Cc1oncc1S(=O)(=O)Cl.Cl.Nc1c[nH]c2c(C(=O)NCc3ccc4c(c3)NC(=O)CO4)ncnc12. The largest absolute Gasteiger partial charge is 0.482 e. The summed E-state index contributed by atoms with van der Waals surface area (Å²) in [5.74, 6) is 0.248. The number of nitrogens with zero attached hydrogens (tertiary/aromatic N) is 3. The fraction of sp³-hybridized carbons (Fsp3) is 0.150. The van der Waals surface area contributed by atoms with Crippen LogP contribution in [-0.4, -0.2) is 46.9 Å². The molecule has 36 heavy (non-hydrogen) atoms. The molecule has 0 aliphatic carbocycles. The molecule has 5 N–H and O–H groups in total. The highest BCUT2D eigenvalue weighted by molar-refractivity contribution is 8.13. The first-order valence-electron chi connectivity index (χ1n) is 9.90. The summed E-state index contributed by atoms with van der Waals surface area (Å²) in [6.07, 6.45) is 3.94. The normalized spacial score (nSPS) is 12.3. The predicted octanol–water partition coefficient (Wildman–Crippen LogP) is 2.13. The van der Waals surface area contributed by atoms with Gasteiger partial charge in [0.2, 0.25) is 0 Å². The van der Waals surface area contributed by atoms with Crippen molar-refractivity contribution in [3.05, 3.63) is 53.9 Å². The molecular weight excluding hydrogens is 537 g/mol. The van der Waals surface area contributed by atoms with E-state index in [1.807, 2.05) is 6.07 Å². The summed E-state index contributed by atoms with van der Waals surface area (Å²) in [5, 5.41) is 8.77. The molecule has 4 aromatic rings. The zero-order chi connectivity index (χ0) is 25.2. The number of rotatable bonds is 4. The molecule has 0 atom stereocenters. The van der Waals surface area contributed by atoms with Crippen LogP contribution in [-0.2, 0) is 20.4 Å². The van der Waals surface area contributed by atoms with Crippen molar-refractivity contribution in [2.24, 2.45) is 0 Å². The minimum absolute atomic E-state index is 0. The molecule has 0 radical (unpaired) electrons. The van der Waals surface area contributed by atoms with Crippen LogP contribution in [0.1, 0.15) is 21.8 Å². The molecular formula is C20H19Cl2N7O6S. The zero-order valence-corrected chi connectivity index (χ0v) is 20.8. The van der Waals surface area contributed by atoms with Crippen molar-refractivity contribution in [3.8, 4) is 5.75 Å². The molecule has 1 aliphatic rings. The van der Waals surface area contributed by atoms with E-state index in [1.165, 1.54) is 13.3 Å². The van der Waals surface area contributed by atoms with Crippen molar-refractivity contribution in [2.75, 3.05) is 17.7 Å². The molecule has 0 unspecified atom stereocenters. The Morgan fingerprint density at radius 2 is 2.08 bits per heavy atom. The Bertz CT molecular complexity index is 1540. The fourth-order valence-corrected chi connectivity index (χ4v) is 4.16. The standard InChI is InChI=1S/C16H14N6O3.C4H4ClNO3S.ClH/c17-9-5-18-14-13(9)20-7-21-15(14)16(24)19-4-8-1-2-11-10(3-8)22-12(23)6-25-11;1-3-4(2-6-9-3)10(5,7)8;/h1-3,5,7,18H,4,6,17H2,(H,19,24)(H,22,23);2H,1H3;1H. The van der Waals surface area contributed by atoms with Crippen LogP contribution in [0.2, 0.25) is 0 Å². The van der Waals surface area contributed by atoms with Crippen LogP contribution < -0.4 is 21.1 Å². The Balaban J connectivity index is 0.000000278. The number of carbonyl (C=O) groups is 2. The Labute approximate surface area is 214 Å². The molecule has 0 spiro atoms. The first kappa shape index (κ1) is 26.7. The van der Waals surface area contributed by atoms with Crippen LogP contribution in [0.15, 0.2) is 46.3 Å². The van der Waals surface area contributed by atoms with E-state index in [-0.39, 0.29) is 53.7 Å². The number of fused-ring (bicyclic) bond motifs is 2. The molecule has 16 heteroatoms. The number of anilines is 2. The number of nitrogens with two attached hydrogens (primary N) is 1. The van der Waals surface area contributed by atoms with Gasteiger partial charge in [0.15, 0.2) is 18.1 Å². The molecule has 13 nitrogen and oxygen atoms in total. The minimum Gasteiger partial charge on any atom is -0.482 e. The monoisotopic (exact) mass is 555 g/mol. The number of H-pyrrole nitrogens is 1. The lowest BCUT2D eigenvalue weighted by molar-refractivity contribution is -0.118. The van der Waals surface area contributed by atoms with Crippen molar-refractivity contribution in [3.63, 3.8) is 0 Å². The smallest absolute Gasteiger partial charge is 0.272 e. The van der Waals surface area contributed by atoms with Gasteiger partial charge < -0.3 is 30.6 Å².